The average Bonchev–Trinajstić information content (AvgIpc) is 2.94. The minimum absolute atomic E-state index is 0.344. The summed E-state index contributed by atoms with van der Waals surface area (Å²) in [4.78, 5) is 0. The molecule has 1 atom stereocenters. The lowest BCUT2D eigenvalue weighted by Crippen LogP contribution is -2.08. The highest BCUT2D eigenvalue weighted by Crippen LogP contribution is 2.29. The van der Waals surface area contributed by atoms with Crippen LogP contribution in [0.25, 0.3) is 0 Å². The summed E-state index contributed by atoms with van der Waals surface area (Å²) >= 11 is 0. The molecule has 1 heterocycles. The van der Waals surface area contributed by atoms with E-state index in [1.54, 1.807) is 0 Å². The number of aryl methyl sites for hydroxylation is 1. The summed E-state index contributed by atoms with van der Waals surface area (Å²) in [5.41, 5.74) is 4.34. The molecule has 0 bridgehead atoms. The van der Waals surface area contributed by atoms with Crippen molar-refractivity contribution in [1.82, 2.24) is 0 Å². The monoisotopic (exact) mass is 264 g/mol. The Morgan fingerprint density at radius 2 is 2.00 bits per heavy atom. The molecule has 1 aliphatic rings. The van der Waals surface area contributed by atoms with Crippen molar-refractivity contribution in [1.29, 1.82) is 5.26 Å². The van der Waals surface area contributed by atoms with Crippen LogP contribution in [-0.2, 0) is 6.42 Å². The fourth-order valence-corrected chi connectivity index (χ4v) is 2.39. The van der Waals surface area contributed by atoms with Gasteiger partial charge in [0, 0.05) is 12.1 Å². The van der Waals surface area contributed by atoms with E-state index in [0.717, 1.165) is 30.0 Å². The van der Waals surface area contributed by atoms with Crippen molar-refractivity contribution < 1.29 is 4.74 Å². The van der Waals surface area contributed by atoms with Crippen LogP contribution < -0.4 is 10.1 Å². The largest absolute Gasteiger partial charge is 0.493 e. The predicted molar refractivity (Wildman–Crippen MR) is 78.8 cm³/mol. The predicted octanol–water partition coefficient (Wildman–Crippen LogP) is 3.61. The second kappa shape index (κ2) is 5.26. The summed E-state index contributed by atoms with van der Waals surface area (Å²) in [7, 11) is 0. The molecule has 3 nitrogen and oxygen atoms in total. The molecule has 1 aliphatic heterocycles. The van der Waals surface area contributed by atoms with Crippen LogP contribution in [0.5, 0.6) is 5.75 Å². The van der Waals surface area contributed by atoms with E-state index in [2.05, 4.69) is 17.5 Å². The van der Waals surface area contributed by atoms with Gasteiger partial charge in [-0.2, -0.15) is 5.26 Å². The molecule has 100 valence electrons. The molecule has 3 heteroatoms. The highest BCUT2D eigenvalue weighted by atomic mass is 16.5. The summed E-state index contributed by atoms with van der Waals surface area (Å²) in [5.74, 6) is 0.945. The van der Waals surface area contributed by atoms with Gasteiger partial charge in [-0.25, -0.2) is 0 Å². The first-order chi connectivity index (χ1) is 9.76. The maximum atomic E-state index is 9.40. The number of nitrogens with one attached hydrogen (secondary N) is 1. The van der Waals surface area contributed by atoms with Crippen molar-refractivity contribution in [3.05, 3.63) is 59.2 Å². The molecule has 2 aromatic carbocycles. The third kappa shape index (κ3) is 2.46. The lowest BCUT2D eigenvalue weighted by atomic mass is 10.0. The zero-order valence-electron chi connectivity index (χ0n) is 11.4. The smallest absolute Gasteiger partial charge is 0.140 e. The summed E-state index contributed by atoms with van der Waals surface area (Å²) in [5, 5.41) is 12.7. The molecule has 0 saturated carbocycles. The number of nitrogens with zero attached hydrogens (tertiary/aromatic N) is 1. The van der Waals surface area contributed by atoms with Crippen molar-refractivity contribution in [2.45, 2.75) is 19.4 Å². The molecule has 3 rings (SSSR count). The summed E-state index contributed by atoms with van der Waals surface area (Å²) in [6, 6.07) is 16.0. The Kier molecular flexibility index (Phi) is 3.30. The number of nitriles is 1. The van der Waals surface area contributed by atoms with Gasteiger partial charge < -0.3 is 10.1 Å². The summed E-state index contributed by atoms with van der Waals surface area (Å²) in [6.07, 6.45) is 0.922. The number of rotatable bonds is 3. The lowest BCUT2D eigenvalue weighted by molar-refractivity contribution is 0.357. The number of anilines is 1. The number of hydrogen-bond donors (Lipinski definition) is 1. The van der Waals surface area contributed by atoms with Gasteiger partial charge in [0.05, 0.1) is 12.7 Å². The molecule has 20 heavy (non-hydrogen) atoms. The van der Waals surface area contributed by atoms with E-state index in [0.29, 0.717) is 0 Å². The van der Waals surface area contributed by atoms with Crippen LogP contribution in [0, 0.1) is 18.3 Å². The molecular formula is C17H16N2O. The zero-order chi connectivity index (χ0) is 13.9. The minimum atomic E-state index is -0.344. The molecule has 0 amide bonds. The maximum Gasteiger partial charge on any atom is 0.140 e. The zero-order valence-corrected chi connectivity index (χ0v) is 11.4. The maximum absolute atomic E-state index is 9.40. The molecule has 0 aromatic heterocycles. The number of ether oxygens (including phenoxy) is 1. The second-order valence-corrected chi connectivity index (χ2v) is 5.04. The van der Waals surface area contributed by atoms with Gasteiger partial charge in [0.2, 0.25) is 0 Å². The van der Waals surface area contributed by atoms with E-state index < -0.39 is 0 Å². The Balaban J connectivity index is 1.83. The van der Waals surface area contributed by atoms with Crippen LogP contribution in [0.2, 0.25) is 0 Å². The van der Waals surface area contributed by atoms with Gasteiger partial charge in [-0.15, -0.1) is 0 Å². The first kappa shape index (κ1) is 12.6. The Morgan fingerprint density at radius 3 is 2.75 bits per heavy atom. The molecule has 0 saturated heterocycles. The Labute approximate surface area is 118 Å². The quantitative estimate of drug-likeness (QED) is 0.921. The molecule has 2 aromatic rings. The van der Waals surface area contributed by atoms with Gasteiger partial charge in [0.25, 0.3) is 0 Å². The lowest BCUT2D eigenvalue weighted by Gasteiger charge is -2.14. The van der Waals surface area contributed by atoms with Crippen LogP contribution in [0.1, 0.15) is 22.7 Å². The van der Waals surface area contributed by atoms with Gasteiger partial charge in [0.15, 0.2) is 0 Å². The average molecular weight is 264 g/mol. The SMILES string of the molecule is Cc1ccc(NC(C#N)c2ccc3c(c2)CCO3)cc1. The van der Waals surface area contributed by atoms with Gasteiger partial charge in [-0.1, -0.05) is 23.8 Å². The van der Waals surface area contributed by atoms with Gasteiger partial charge in [-0.05, 0) is 42.3 Å². The van der Waals surface area contributed by atoms with Crippen molar-refractivity contribution in [2.24, 2.45) is 0 Å². The van der Waals surface area contributed by atoms with Crippen LogP contribution in [0.15, 0.2) is 42.5 Å². The molecule has 0 spiro atoms. The Hall–Kier alpha value is -2.47. The summed E-state index contributed by atoms with van der Waals surface area (Å²) < 4.78 is 5.49. The van der Waals surface area contributed by atoms with Crippen LogP contribution >= 0.6 is 0 Å². The molecular weight excluding hydrogens is 248 g/mol. The van der Waals surface area contributed by atoms with Gasteiger partial charge in [-0.3, -0.25) is 0 Å². The van der Waals surface area contributed by atoms with E-state index in [4.69, 9.17) is 4.74 Å². The van der Waals surface area contributed by atoms with Gasteiger partial charge >= 0.3 is 0 Å². The van der Waals surface area contributed by atoms with E-state index in [1.807, 2.05) is 43.3 Å². The van der Waals surface area contributed by atoms with Crippen LogP contribution in [-0.4, -0.2) is 6.61 Å². The van der Waals surface area contributed by atoms with Crippen LogP contribution in [0.3, 0.4) is 0 Å². The minimum Gasteiger partial charge on any atom is -0.493 e. The molecule has 0 fully saturated rings. The third-order valence-electron chi connectivity index (χ3n) is 3.54. The highest BCUT2D eigenvalue weighted by molar-refractivity contribution is 5.50. The first-order valence-corrected chi connectivity index (χ1v) is 6.75. The van der Waals surface area contributed by atoms with E-state index in [-0.39, 0.29) is 6.04 Å². The third-order valence-corrected chi connectivity index (χ3v) is 3.54. The fourth-order valence-electron chi connectivity index (χ4n) is 2.39. The molecule has 0 radical (unpaired) electrons. The van der Waals surface area contributed by atoms with E-state index in [1.165, 1.54) is 11.1 Å². The number of fused-ring (bicyclic) bond motifs is 1. The fraction of sp³-hybridized carbons (Fsp3) is 0.235. The van der Waals surface area contributed by atoms with Crippen LogP contribution in [0.4, 0.5) is 5.69 Å². The van der Waals surface area contributed by atoms with Crippen molar-refractivity contribution in [3.63, 3.8) is 0 Å². The van der Waals surface area contributed by atoms with E-state index in [9.17, 15) is 5.26 Å². The molecule has 0 aliphatic carbocycles. The second-order valence-electron chi connectivity index (χ2n) is 5.04. The Morgan fingerprint density at radius 1 is 1.20 bits per heavy atom. The normalized spacial score (nSPS) is 14.0. The standard InChI is InChI=1S/C17H16N2O/c1-12-2-5-15(6-3-12)19-16(11-18)13-4-7-17-14(10-13)8-9-20-17/h2-7,10,16,19H,8-9H2,1H3. The molecule has 1 unspecified atom stereocenters. The van der Waals surface area contributed by atoms with Crippen molar-refractivity contribution >= 4 is 5.69 Å². The van der Waals surface area contributed by atoms with E-state index >= 15 is 0 Å². The summed E-state index contributed by atoms with van der Waals surface area (Å²) in [6.45, 7) is 2.79. The topological polar surface area (TPSA) is 45.0 Å². The number of benzene rings is 2. The van der Waals surface area contributed by atoms with Crippen molar-refractivity contribution in [3.8, 4) is 11.8 Å². The van der Waals surface area contributed by atoms with Gasteiger partial charge in [0.1, 0.15) is 11.8 Å². The molecule has 1 N–H and O–H groups in total. The van der Waals surface area contributed by atoms with Crippen molar-refractivity contribution in [2.75, 3.05) is 11.9 Å². The first-order valence-electron chi connectivity index (χ1n) is 6.75. The Bertz CT molecular complexity index is 656. The number of hydrogen-bond acceptors (Lipinski definition) is 3. The highest BCUT2D eigenvalue weighted by Gasteiger charge is 2.16.